The first kappa shape index (κ1) is 18.6. The van der Waals surface area contributed by atoms with E-state index in [1.54, 1.807) is 10.7 Å². The number of para-hydroxylation sites is 2. The quantitative estimate of drug-likeness (QED) is 0.663. The van der Waals surface area contributed by atoms with E-state index in [2.05, 4.69) is 25.3 Å². The number of nitrogens with one attached hydrogen (secondary N) is 2. The number of rotatable bonds is 7. The van der Waals surface area contributed by atoms with Gasteiger partial charge < -0.3 is 15.2 Å². The Bertz CT molecular complexity index is 972. The smallest absolute Gasteiger partial charge is 0.269 e. The molecular formula is C19H24N6O2. The van der Waals surface area contributed by atoms with Crippen LogP contribution < -0.4 is 10.6 Å². The van der Waals surface area contributed by atoms with E-state index in [-0.39, 0.29) is 18.4 Å². The van der Waals surface area contributed by atoms with Gasteiger partial charge in [-0.1, -0.05) is 12.1 Å². The van der Waals surface area contributed by atoms with Crippen molar-refractivity contribution in [3.8, 4) is 0 Å². The van der Waals surface area contributed by atoms with E-state index in [0.717, 1.165) is 29.1 Å². The molecule has 0 spiro atoms. The number of carbonyl (C=O) groups is 2. The van der Waals surface area contributed by atoms with Gasteiger partial charge in [-0.05, 0) is 39.0 Å². The molecular weight excluding hydrogens is 344 g/mol. The molecule has 0 aliphatic rings. The fourth-order valence-corrected chi connectivity index (χ4v) is 3.07. The number of aromatic nitrogens is 4. The van der Waals surface area contributed by atoms with Crippen LogP contribution in [0, 0.1) is 6.92 Å². The van der Waals surface area contributed by atoms with Crippen LogP contribution in [-0.2, 0) is 24.4 Å². The molecule has 0 bridgehead atoms. The van der Waals surface area contributed by atoms with Gasteiger partial charge in [-0.15, -0.1) is 0 Å². The van der Waals surface area contributed by atoms with Crippen LogP contribution in [0.25, 0.3) is 11.0 Å². The maximum atomic E-state index is 12.3. The molecule has 0 atom stereocenters. The minimum atomic E-state index is -0.312. The number of imidazole rings is 1. The number of hydrogen-bond acceptors (Lipinski definition) is 4. The van der Waals surface area contributed by atoms with Crippen molar-refractivity contribution in [3.05, 3.63) is 47.5 Å². The molecule has 0 radical (unpaired) electrons. The van der Waals surface area contributed by atoms with Crippen LogP contribution >= 0.6 is 0 Å². The molecule has 0 fully saturated rings. The van der Waals surface area contributed by atoms with Gasteiger partial charge in [0, 0.05) is 13.1 Å². The normalized spacial score (nSPS) is 10.9. The number of fused-ring (bicyclic) bond motifs is 1. The molecule has 0 aliphatic heterocycles. The second-order valence-electron chi connectivity index (χ2n) is 6.21. The second-order valence-corrected chi connectivity index (χ2v) is 6.21. The lowest BCUT2D eigenvalue weighted by Crippen LogP contribution is -2.37. The first-order valence-corrected chi connectivity index (χ1v) is 9.07. The maximum Gasteiger partial charge on any atom is 0.269 e. The van der Waals surface area contributed by atoms with Crippen LogP contribution in [-0.4, -0.2) is 37.7 Å². The summed E-state index contributed by atoms with van der Waals surface area (Å²) in [5.74, 6) is 0.212. The van der Waals surface area contributed by atoms with Crippen molar-refractivity contribution in [1.82, 2.24) is 30.0 Å². The van der Waals surface area contributed by atoms with Crippen LogP contribution in [0.15, 0.2) is 30.3 Å². The Morgan fingerprint density at radius 1 is 1.11 bits per heavy atom. The predicted molar refractivity (Wildman–Crippen MR) is 102 cm³/mol. The van der Waals surface area contributed by atoms with Gasteiger partial charge in [0.25, 0.3) is 5.91 Å². The van der Waals surface area contributed by atoms with E-state index in [4.69, 9.17) is 0 Å². The molecule has 2 heterocycles. The molecule has 3 rings (SSSR count). The van der Waals surface area contributed by atoms with Crippen molar-refractivity contribution in [2.45, 2.75) is 40.4 Å². The van der Waals surface area contributed by atoms with Gasteiger partial charge in [0.15, 0.2) is 0 Å². The largest absolute Gasteiger partial charge is 0.347 e. The van der Waals surface area contributed by atoms with Crippen LogP contribution in [0.1, 0.15) is 35.9 Å². The Kier molecular flexibility index (Phi) is 5.54. The Morgan fingerprint density at radius 2 is 1.89 bits per heavy atom. The van der Waals surface area contributed by atoms with Crippen molar-refractivity contribution in [2.24, 2.45) is 0 Å². The van der Waals surface area contributed by atoms with Gasteiger partial charge in [0.05, 0.1) is 29.8 Å². The first-order valence-electron chi connectivity index (χ1n) is 9.07. The van der Waals surface area contributed by atoms with E-state index in [1.807, 2.05) is 45.0 Å². The van der Waals surface area contributed by atoms with Crippen LogP contribution in [0.4, 0.5) is 0 Å². The number of amides is 2. The lowest BCUT2D eigenvalue weighted by atomic mass is 10.3. The first-order chi connectivity index (χ1) is 13.0. The molecule has 8 heteroatoms. The Balaban J connectivity index is 1.58. The highest BCUT2D eigenvalue weighted by molar-refractivity contribution is 5.95. The number of carbonyl (C=O) groups excluding carboxylic acids is 2. The third kappa shape index (κ3) is 3.99. The average molecular weight is 368 g/mol. The van der Waals surface area contributed by atoms with E-state index in [0.29, 0.717) is 18.8 Å². The fraction of sp³-hybridized carbons (Fsp3) is 0.368. The number of aryl methyl sites for hydroxylation is 3. The molecule has 0 aliphatic carbocycles. The van der Waals surface area contributed by atoms with Crippen molar-refractivity contribution in [1.29, 1.82) is 0 Å². The van der Waals surface area contributed by atoms with Gasteiger partial charge >= 0.3 is 0 Å². The Hall–Kier alpha value is -3.16. The Morgan fingerprint density at radius 3 is 2.63 bits per heavy atom. The molecule has 3 aromatic rings. The summed E-state index contributed by atoms with van der Waals surface area (Å²) < 4.78 is 3.68. The average Bonchev–Trinajstić information content (AvgIpc) is 3.23. The fourth-order valence-electron chi connectivity index (χ4n) is 3.07. The molecule has 2 amide bonds. The highest BCUT2D eigenvalue weighted by atomic mass is 16.2. The zero-order valence-corrected chi connectivity index (χ0v) is 15.8. The van der Waals surface area contributed by atoms with Crippen molar-refractivity contribution in [2.75, 3.05) is 6.54 Å². The monoisotopic (exact) mass is 368 g/mol. The molecule has 8 nitrogen and oxygen atoms in total. The molecule has 142 valence electrons. The van der Waals surface area contributed by atoms with Gasteiger partial charge in [0.2, 0.25) is 5.91 Å². The SMILES string of the molecule is CCn1nc(C)cc1C(=O)NCC(=O)NCc1nc2ccccc2n1CC. The second kappa shape index (κ2) is 8.03. The standard InChI is InChI=1S/C19H24N6O2/c1-4-24-15-9-7-6-8-14(15)22-17(24)11-20-18(26)12-21-19(27)16-10-13(3)23-25(16)5-2/h6-10H,4-5,11-12H2,1-3H3,(H,20,26)(H,21,27). The molecule has 0 saturated heterocycles. The maximum absolute atomic E-state index is 12.3. The van der Waals surface area contributed by atoms with E-state index in [1.165, 1.54) is 0 Å². The van der Waals surface area contributed by atoms with Gasteiger partial charge in [-0.3, -0.25) is 14.3 Å². The van der Waals surface area contributed by atoms with E-state index < -0.39 is 0 Å². The summed E-state index contributed by atoms with van der Waals surface area (Å²) >= 11 is 0. The number of nitrogens with zero attached hydrogens (tertiary/aromatic N) is 4. The summed E-state index contributed by atoms with van der Waals surface area (Å²) in [6, 6.07) is 9.58. The number of hydrogen-bond donors (Lipinski definition) is 2. The van der Waals surface area contributed by atoms with E-state index in [9.17, 15) is 9.59 Å². The molecule has 0 unspecified atom stereocenters. The summed E-state index contributed by atoms with van der Waals surface area (Å²) in [6.45, 7) is 7.35. The minimum Gasteiger partial charge on any atom is -0.347 e. The van der Waals surface area contributed by atoms with Crippen LogP contribution in [0.2, 0.25) is 0 Å². The van der Waals surface area contributed by atoms with Gasteiger partial charge in [-0.25, -0.2) is 4.98 Å². The topological polar surface area (TPSA) is 93.8 Å². The summed E-state index contributed by atoms with van der Waals surface area (Å²) in [7, 11) is 0. The van der Waals surface area contributed by atoms with Gasteiger partial charge in [0.1, 0.15) is 11.5 Å². The lowest BCUT2D eigenvalue weighted by Gasteiger charge is -2.09. The van der Waals surface area contributed by atoms with Crippen molar-refractivity contribution in [3.63, 3.8) is 0 Å². The van der Waals surface area contributed by atoms with Crippen molar-refractivity contribution >= 4 is 22.8 Å². The third-order valence-corrected chi connectivity index (χ3v) is 4.34. The summed E-state index contributed by atoms with van der Waals surface area (Å²) in [4.78, 5) is 29.0. The minimum absolute atomic E-state index is 0.0981. The molecule has 2 N–H and O–H groups in total. The third-order valence-electron chi connectivity index (χ3n) is 4.34. The highest BCUT2D eigenvalue weighted by Gasteiger charge is 2.15. The molecule has 2 aromatic heterocycles. The van der Waals surface area contributed by atoms with Crippen LogP contribution in [0.3, 0.4) is 0 Å². The summed E-state index contributed by atoms with van der Waals surface area (Å²) in [5.41, 5.74) is 3.17. The number of benzene rings is 1. The Labute approximate surface area is 157 Å². The lowest BCUT2D eigenvalue weighted by molar-refractivity contribution is -0.120. The van der Waals surface area contributed by atoms with Gasteiger partial charge in [-0.2, -0.15) is 5.10 Å². The predicted octanol–water partition coefficient (Wildman–Crippen LogP) is 1.63. The highest BCUT2D eigenvalue weighted by Crippen LogP contribution is 2.15. The summed E-state index contributed by atoms with van der Waals surface area (Å²) in [6.07, 6.45) is 0. The molecule has 0 saturated carbocycles. The molecule has 27 heavy (non-hydrogen) atoms. The zero-order chi connectivity index (χ0) is 19.4. The van der Waals surface area contributed by atoms with Crippen molar-refractivity contribution < 1.29 is 9.59 Å². The van der Waals surface area contributed by atoms with E-state index >= 15 is 0 Å². The molecule has 1 aromatic carbocycles. The van der Waals surface area contributed by atoms with Crippen LogP contribution in [0.5, 0.6) is 0 Å². The zero-order valence-electron chi connectivity index (χ0n) is 15.8. The summed E-state index contributed by atoms with van der Waals surface area (Å²) in [5, 5.41) is 9.69.